The average Bonchev–Trinajstić information content (AvgIpc) is 2.91. The molecule has 1 heterocycles. The summed E-state index contributed by atoms with van der Waals surface area (Å²) in [4.78, 5) is 0. The molecule has 1 saturated heterocycles. The van der Waals surface area contributed by atoms with Crippen LogP contribution in [0.15, 0.2) is 0 Å². The molecule has 2 unspecified atom stereocenters. The first-order valence-corrected chi connectivity index (χ1v) is 7.44. The van der Waals surface area contributed by atoms with Gasteiger partial charge in [-0.3, -0.25) is 0 Å². The highest BCUT2D eigenvalue weighted by Gasteiger charge is 2.43. The van der Waals surface area contributed by atoms with E-state index in [4.69, 9.17) is 4.74 Å². The summed E-state index contributed by atoms with van der Waals surface area (Å²) in [6.45, 7) is 5.81. The number of hydrogen-bond donors (Lipinski definition) is 1. The highest BCUT2D eigenvalue weighted by molar-refractivity contribution is 4.94. The summed E-state index contributed by atoms with van der Waals surface area (Å²) in [5, 5.41) is 3.34. The Labute approximate surface area is 107 Å². The quantitative estimate of drug-likeness (QED) is 0.793. The van der Waals surface area contributed by atoms with Crippen molar-refractivity contribution in [2.45, 2.75) is 76.9 Å². The zero-order valence-electron chi connectivity index (χ0n) is 11.8. The molecule has 0 aromatic rings. The maximum Gasteiger partial charge on any atom is 0.0687 e. The summed E-state index contributed by atoms with van der Waals surface area (Å²) in [6, 6.07) is 0. The van der Waals surface area contributed by atoms with Crippen LogP contribution in [0.2, 0.25) is 0 Å². The van der Waals surface area contributed by atoms with Gasteiger partial charge in [0.05, 0.1) is 11.7 Å². The van der Waals surface area contributed by atoms with Gasteiger partial charge in [0.15, 0.2) is 0 Å². The van der Waals surface area contributed by atoms with Crippen LogP contribution < -0.4 is 5.32 Å². The molecule has 0 aromatic carbocycles. The molecule has 0 radical (unpaired) electrons. The van der Waals surface area contributed by atoms with Gasteiger partial charge >= 0.3 is 0 Å². The first-order valence-electron chi connectivity index (χ1n) is 7.44. The summed E-state index contributed by atoms with van der Waals surface area (Å²) in [7, 11) is 2.06. The van der Waals surface area contributed by atoms with Crippen LogP contribution in [0, 0.1) is 5.41 Å². The number of hydrogen-bond acceptors (Lipinski definition) is 2. The van der Waals surface area contributed by atoms with Crippen LogP contribution in [0.25, 0.3) is 0 Å². The Kier molecular flexibility index (Phi) is 4.14. The van der Waals surface area contributed by atoms with E-state index in [1.54, 1.807) is 0 Å². The fourth-order valence-corrected chi connectivity index (χ4v) is 3.74. The van der Waals surface area contributed by atoms with Crippen molar-refractivity contribution >= 4 is 0 Å². The van der Waals surface area contributed by atoms with E-state index in [1.807, 2.05) is 0 Å². The predicted molar refractivity (Wildman–Crippen MR) is 72.2 cm³/mol. The number of ether oxygens (including phenoxy) is 1. The van der Waals surface area contributed by atoms with Crippen LogP contribution >= 0.6 is 0 Å². The van der Waals surface area contributed by atoms with E-state index in [1.165, 1.54) is 51.4 Å². The summed E-state index contributed by atoms with van der Waals surface area (Å²) >= 11 is 0. The van der Waals surface area contributed by atoms with E-state index >= 15 is 0 Å². The second kappa shape index (κ2) is 5.27. The van der Waals surface area contributed by atoms with Gasteiger partial charge in [0.25, 0.3) is 0 Å². The normalized spacial score (nSPS) is 30.9. The van der Waals surface area contributed by atoms with Crippen LogP contribution in [0.4, 0.5) is 0 Å². The second-order valence-electron chi connectivity index (χ2n) is 6.57. The molecule has 0 aromatic heterocycles. The molecule has 1 saturated carbocycles. The summed E-state index contributed by atoms with van der Waals surface area (Å²) < 4.78 is 6.43. The molecule has 1 spiro atoms. The third-order valence-corrected chi connectivity index (χ3v) is 5.03. The molecule has 100 valence electrons. The third kappa shape index (κ3) is 3.03. The molecule has 17 heavy (non-hydrogen) atoms. The predicted octanol–water partition coefficient (Wildman–Crippen LogP) is 3.50. The largest absolute Gasteiger partial charge is 0.372 e. The Balaban J connectivity index is 1.88. The fourth-order valence-electron chi connectivity index (χ4n) is 3.74. The molecule has 1 N–H and O–H groups in total. The van der Waals surface area contributed by atoms with E-state index in [2.05, 4.69) is 26.2 Å². The summed E-state index contributed by atoms with van der Waals surface area (Å²) in [5.41, 5.74) is 0.711. The number of nitrogens with one attached hydrogen (secondary N) is 1. The Morgan fingerprint density at radius 3 is 2.59 bits per heavy atom. The molecule has 1 aliphatic carbocycles. The number of rotatable bonds is 5. The second-order valence-corrected chi connectivity index (χ2v) is 6.57. The van der Waals surface area contributed by atoms with Gasteiger partial charge in [0.1, 0.15) is 0 Å². The lowest BCUT2D eigenvalue weighted by Crippen LogP contribution is -2.34. The minimum Gasteiger partial charge on any atom is -0.372 e. The molecule has 2 aliphatic rings. The molecule has 2 rings (SSSR count). The topological polar surface area (TPSA) is 21.3 Å². The van der Waals surface area contributed by atoms with Crippen molar-refractivity contribution in [3.05, 3.63) is 0 Å². The van der Waals surface area contributed by atoms with Crippen LogP contribution in [-0.4, -0.2) is 25.3 Å². The highest BCUT2D eigenvalue weighted by atomic mass is 16.5. The molecule has 0 amide bonds. The van der Waals surface area contributed by atoms with Crippen molar-refractivity contribution in [2.75, 3.05) is 13.6 Å². The molecular weight excluding hydrogens is 210 g/mol. The van der Waals surface area contributed by atoms with Gasteiger partial charge in [-0.25, -0.2) is 0 Å². The van der Waals surface area contributed by atoms with Gasteiger partial charge < -0.3 is 10.1 Å². The van der Waals surface area contributed by atoms with Gasteiger partial charge in [-0.1, -0.05) is 26.7 Å². The maximum atomic E-state index is 6.43. The van der Waals surface area contributed by atoms with Gasteiger partial charge in [-0.2, -0.15) is 0 Å². The molecule has 2 nitrogen and oxygen atoms in total. The smallest absolute Gasteiger partial charge is 0.0687 e. The molecule has 0 bridgehead atoms. The van der Waals surface area contributed by atoms with Crippen molar-refractivity contribution in [2.24, 2.45) is 5.41 Å². The molecule has 2 atom stereocenters. The first-order chi connectivity index (χ1) is 8.11. The minimum atomic E-state index is 0.305. The van der Waals surface area contributed by atoms with E-state index in [-0.39, 0.29) is 0 Å². The van der Waals surface area contributed by atoms with E-state index in [0.29, 0.717) is 17.1 Å². The van der Waals surface area contributed by atoms with Crippen LogP contribution in [0.5, 0.6) is 0 Å². The lowest BCUT2D eigenvalue weighted by atomic mass is 9.81. The molecule has 2 fully saturated rings. The van der Waals surface area contributed by atoms with Gasteiger partial charge in [-0.05, 0) is 51.0 Å². The van der Waals surface area contributed by atoms with Gasteiger partial charge in [0.2, 0.25) is 0 Å². The maximum absolute atomic E-state index is 6.43. The Bertz CT molecular complexity index is 247. The Morgan fingerprint density at radius 1 is 1.29 bits per heavy atom. The van der Waals surface area contributed by atoms with Crippen molar-refractivity contribution in [1.82, 2.24) is 5.32 Å². The van der Waals surface area contributed by atoms with Crippen molar-refractivity contribution in [3.8, 4) is 0 Å². The lowest BCUT2D eigenvalue weighted by molar-refractivity contribution is -0.0520. The van der Waals surface area contributed by atoms with Gasteiger partial charge in [-0.15, -0.1) is 0 Å². The molecular formula is C15H29NO. The highest BCUT2D eigenvalue weighted by Crippen LogP contribution is 2.45. The van der Waals surface area contributed by atoms with E-state index in [0.717, 1.165) is 6.54 Å². The third-order valence-electron chi connectivity index (χ3n) is 5.03. The standard InChI is InChI=1S/C15H29NO/c1-4-14(2,12-16-3)11-13-7-10-15(17-13)8-5-6-9-15/h13,16H,4-12H2,1-3H3. The van der Waals surface area contributed by atoms with Crippen molar-refractivity contribution in [3.63, 3.8) is 0 Å². The zero-order chi connectivity index (χ0) is 12.4. The van der Waals surface area contributed by atoms with Crippen LogP contribution in [0.1, 0.15) is 65.2 Å². The molecule has 1 aliphatic heterocycles. The Hall–Kier alpha value is -0.0800. The Morgan fingerprint density at radius 2 is 2.00 bits per heavy atom. The lowest BCUT2D eigenvalue weighted by Gasteiger charge is -2.32. The summed E-state index contributed by atoms with van der Waals surface area (Å²) in [6.07, 6.45) is 11.0. The van der Waals surface area contributed by atoms with E-state index < -0.39 is 0 Å². The van der Waals surface area contributed by atoms with Gasteiger partial charge in [0, 0.05) is 6.54 Å². The SMILES string of the molecule is CCC(C)(CNC)CC1CCC2(CCCC2)O1. The van der Waals surface area contributed by atoms with E-state index in [9.17, 15) is 0 Å². The monoisotopic (exact) mass is 239 g/mol. The van der Waals surface area contributed by atoms with Crippen molar-refractivity contribution in [1.29, 1.82) is 0 Å². The molecule has 2 heteroatoms. The first kappa shape index (κ1) is 13.4. The van der Waals surface area contributed by atoms with Crippen molar-refractivity contribution < 1.29 is 4.74 Å². The van der Waals surface area contributed by atoms with Crippen LogP contribution in [0.3, 0.4) is 0 Å². The average molecular weight is 239 g/mol. The minimum absolute atomic E-state index is 0.305. The van der Waals surface area contributed by atoms with Crippen LogP contribution in [-0.2, 0) is 4.74 Å². The fraction of sp³-hybridized carbons (Fsp3) is 1.00. The zero-order valence-corrected chi connectivity index (χ0v) is 11.8. The summed E-state index contributed by atoms with van der Waals surface area (Å²) in [5.74, 6) is 0.